The van der Waals surface area contributed by atoms with Gasteiger partial charge in [0.05, 0.1) is 24.6 Å². The van der Waals surface area contributed by atoms with Crippen LogP contribution in [0.1, 0.15) is 69.1 Å². The largest absolute Gasteiger partial charge is 0.490 e. The third-order valence-corrected chi connectivity index (χ3v) is 7.47. The molecule has 3 heterocycles. The van der Waals surface area contributed by atoms with Crippen molar-refractivity contribution in [2.45, 2.75) is 69.2 Å². The normalized spacial score (nSPS) is 30.6. The molecule has 0 saturated heterocycles. The van der Waals surface area contributed by atoms with Crippen molar-refractivity contribution >= 4 is 11.9 Å². The Hall–Kier alpha value is -3.18. The zero-order valence-electron chi connectivity index (χ0n) is 22.4. The number of benzene rings is 2. The quantitative estimate of drug-likeness (QED) is 0.423. The van der Waals surface area contributed by atoms with E-state index < -0.39 is 35.1 Å². The minimum Gasteiger partial charge on any atom is -0.490 e. The summed E-state index contributed by atoms with van der Waals surface area (Å²) in [6.45, 7) is 7.55. The molecular formula is C28H36N4O6. The van der Waals surface area contributed by atoms with Gasteiger partial charge in [0.15, 0.2) is 11.6 Å². The molecule has 5 N–H and O–H groups in total. The van der Waals surface area contributed by atoms with Gasteiger partial charge < -0.3 is 30.2 Å². The Morgan fingerprint density at radius 2 is 1.92 bits per heavy atom. The average molecular weight is 525 g/mol. The Balaban J connectivity index is 1.51. The average Bonchev–Trinajstić information content (AvgIpc) is 3.11. The number of guanidine groups is 1. The minimum absolute atomic E-state index is 0.0793. The first-order valence-electron chi connectivity index (χ1n) is 12.7. The number of nitrogens with zero attached hydrogens (tertiary/aromatic N) is 2. The van der Waals surface area contributed by atoms with Gasteiger partial charge in [0, 0.05) is 18.2 Å². The number of nitrogens with one attached hydrogen (secondary N) is 1. The Labute approximate surface area is 222 Å². The van der Waals surface area contributed by atoms with Gasteiger partial charge in [-0.15, -0.1) is 0 Å². The Morgan fingerprint density at radius 1 is 1.18 bits per heavy atom. The number of hydrogen-bond acceptors (Lipinski definition) is 9. The number of ether oxygens (including phenoxy) is 3. The van der Waals surface area contributed by atoms with E-state index in [0.717, 1.165) is 5.56 Å². The zero-order chi connectivity index (χ0) is 27.5. The molecule has 10 heteroatoms. The highest BCUT2D eigenvalue weighted by Gasteiger charge is 2.52. The maximum atomic E-state index is 13.3. The van der Waals surface area contributed by atoms with Crippen LogP contribution in [0.4, 0.5) is 0 Å². The second kappa shape index (κ2) is 9.23. The fourth-order valence-corrected chi connectivity index (χ4v) is 5.77. The zero-order valence-corrected chi connectivity index (χ0v) is 22.4. The van der Waals surface area contributed by atoms with Crippen LogP contribution in [0.15, 0.2) is 47.5 Å². The van der Waals surface area contributed by atoms with Crippen molar-refractivity contribution in [1.29, 1.82) is 0 Å². The SMILES string of the molecule is COCC1(C)Oc2ccc(C(O)N[C@@H]3c4ccccc4OC[C@@]3(C)O)cc2C1N1C(=O)CC(C)(C)N=C1N. The molecule has 3 aliphatic rings. The predicted molar refractivity (Wildman–Crippen MR) is 141 cm³/mol. The second-order valence-corrected chi connectivity index (χ2v) is 11.5. The van der Waals surface area contributed by atoms with E-state index in [1.165, 1.54) is 4.90 Å². The van der Waals surface area contributed by atoms with Crippen molar-refractivity contribution in [2.75, 3.05) is 20.3 Å². The van der Waals surface area contributed by atoms with Crippen molar-refractivity contribution in [3.63, 3.8) is 0 Å². The number of aliphatic imine (C=N–C) groups is 1. The molecule has 0 saturated carbocycles. The van der Waals surface area contributed by atoms with Gasteiger partial charge in [-0.05, 0) is 51.5 Å². The lowest BCUT2D eigenvalue weighted by Crippen LogP contribution is -2.57. The molecule has 1 amide bonds. The number of hydrogen-bond donors (Lipinski definition) is 4. The first-order valence-corrected chi connectivity index (χ1v) is 12.7. The predicted octanol–water partition coefficient (Wildman–Crippen LogP) is 2.32. The molecular weight excluding hydrogens is 488 g/mol. The summed E-state index contributed by atoms with van der Waals surface area (Å²) in [7, 11) is 1.57. The van der Waals surface area contributed by atoms with E-state index in [4.69, 9.17) is 19.9 Å². The molecule has 0 fully saturated rings. The number of methoxy groups -OCH3 is 1. The molecule has 38 heavy (non-hydrogen) atoms. The van der Waals surface area contributed by atoms with Crippen LogP contribution in [-0.2, 0) is 9.53 Å². The first-order chi connectivity index (χ1) is 17.8. The van der Waals surface area contributed by atoms with Crippen LogP contribution in [0.25, 0.3) is 0 Å². The highest BCUT2D eigenvalue weighted by Crippen LogP contribution is 2.49. The lowest BCUT2D eigenvalue weighted by molar-refractivity contribution is -0.135. The van der Waals surface area contributed by atoms with E-state index in [2.05, 4.69) is 10.3 Å². The summed E-state index contributed by atoms with van der Waals surface area (Å²) in [5.74, 6) is 1.18. The summed E-state index contributed by atoms with van der Waals surface area (Å²) >= 11 is 0. The van der Waals surface area contributed by atoms with Crippen LogP contribution in [-0.4, -0.2) is 64.0 Å². The van der Waals surface area contributed by atoms with Crippen molar-refractivity contribution in [3.8, 4) is 11.5 Å². The van der Waals surface area contributed by atoms with E-state index in [-0.39, 0.29) is 31.5 Å². The van der Waals surface area contributed by atoms with Gasteiger partial charge in [-0.3, -0.25) is 15.0 Å². The van der Waals surface area contributed by atoms with Crippen LogP contribution in [0, 0.1) is 0 Å². The van der Waals surface area contributed by atoms with E-state index in [0.29, 0.717) is 22.6 Å². The number of para-hydroxylation sites is 1. The number of aliphatic hydroxyl groups excluding tert-OH is 1. The first kappa shape index (κ1) is 26.4. The molecule has 10 nitrogen and oxygen atoms in total. The number of carbonyl (C=O) groups is 1. The highest BCUT2D eigenvalue weighted by molar-refractivity contribution is 5.99. The summed E-state index contributed by atoms with van der Waals surface area (Å²) in [5.41, 5.74) is 5.54. The molecule has 204 valence electrons. The van der Waals surface area contributed by atoms with Gasteiger partial charge in [-0.2, -0.15) is 0 Å². The van der Waals surface area contributed by atoms with E-state index in [1.54, 1.807) is 32.2 Å². The van der Waals surface area contributed by atoms with Crippen molar-refractivity contribution in [1.82, 2.24) is 10.2 Å². The molecule has 0 aliphatic carbocycles. The highest BCUT2D eigenvalue weighted by atomic mass is 16.5. The van der Waals surface area contributed by atoms with E-state index >= 15 is 0 Å². The maximum absolute atomic E-state index is 13.3. The monoisotopic (exact) mass is 524 g/mol. The van der Waals surface area contributed by atoms with Crippen LogP contribution in [0.3, 0.4) is 0 Å². The van der Waals surface area contributed by atoms with E-state index in [1.807, 2.05) is 45.0 Å². The minimum atomic E-state index is -1.26. The summed E-state index contributed by atoms with van der Waals surface area (Å²) in [6.07, 6.45) is -0.940. The topological polar surface area (TPSA) is 139 Å². The van der Waals surface area contributed by atoms with E-state index in [9.17, 15) is 15.0 Å². The van der Waals surface area contributed by atoms with Gasteiger partial charge in [0.1, 0.15) is 36.0 Å². The number of nitrogens with two attached hydrogens (primary N) is 1. The van der Waals surface area contributed by atoms with Gasteiger partial charge in [-0.25, -0.2) is 4.99 Å². The maximum Gasteiger partial charge on any atom is 0.232 e. The van der Waals surface area contributed by atoms with Crippen molar-refractivity contribution in [2.24, 2.45) is 10.7 Å². The Morgan fingerprint density at radius 3 is 2.63 bits per heavy atom. The number of carbonyl (C=O) groups excluding carboxylic acids is 1. The number of aliphatic hydroxyl groups is 2. The third-order valence-electron chi connectivity index (χ3n) is 7.47. The summed E-state index contributed by atoms with van der Waals surface area (Å²) in [6, 6.07) is 11.5. The molecule has 0 radical (unpaired) electrons. The molecule has 5 rings (SSSR count). The molecule has 5 atom stereocenters. The van der Waals surface area contributed by atoms with Gasteiger partial charge >= 0.3 is 0 Å². The molecule has 0 spiro atoms. The summed E-state index contributed by atoms with van der Waals surface area (Å²) in [5, 5.41) is 25.5. The van der Waals surface area contributed by atoms with Crippen molar-refractivity contribution in [3.05, 3.63) is 59.2 Å². The standard InChI is InChI=1S/C28H36N4O6/c1-26(2)13-21(33)32(25(29)31-26)23-18-12-16(10-11-20(18)38-28(23,4)15-36-5)24(34)30-22-17-8-6-7-9-19(17)37-14-27(22,3)35/h6-12,22-24,30,34-35H,13-15H2,1-5H3,(H2,29,31)/t22-,23?,24?,27-,28?/m1/s1. The fourth-order valence-electron chi connectivity index (χ4n) is 5.77. The van der Waals surface area contributed by atoms with Crippen LogP contribution in [0.2, 0.25) is 0 Å². The second-order valence-electron chi connectivity index (χ2n) is 11.5. The Kier molecular flexibility index (Phi) is 6.42. The fraction of sp³-hybridized carbons (Fsp3) is 0.500. The molecule has 3 aliphatic heterocycles. The Bertz CT molecular complexity index is 1280. The third kappa shape index (κ3) is 4.51. The van der Waals surface area contributed by atoms with Gasteiger partial charge in [0.25, 0.3) is 0 Å². The van der Waals surface area contributed by atoms with Gasteiger partial charge in [0.2, 0.25) is 5.91 Å². The molecule has 0 aromatic heterocycles. The van der Waals surface area contributed by atoms with Crippen LogP contribution >= 0.6 is 0 Å². The van der Waals surface area contributed by atoms with Gasteiger partial charge in [-0.1, -0.05) is 24.3 Å². The number of fused-ring (bicyclic) bond motifs is 2. The van der Waals surface area contributed by atoms with Crippen LogP contribution < -0.4 is 20.5 Å². The molecule has 2 aromatic rings. The lowest BCUT2D eigenvalue weighted by Gasteiger charge is -2.41. The number of amides is 1. The van der Waals surface area contributed by atoms with Crippen LogP contribution in [0.5, 0.6) is 11.5 Å². The smallest absolute Gasteiger partial charge is 0.232 e. The van der Waals surface area contributed by atoms with Crippen molar-refractivity contribution < 1.29 is 29.2 Å². The summed E-state index contributed by atoms with van der Waals surface area (Å²) < 4.78 is 17.5. The molecule has 2 aromatic carbocycles. The molecule has 0 bridgehead atoms. The summed E-state index contributed by atoms with van der Waals surface area (Å²) in [4.78, 5) is 19.4. The molecule has 3 unspecified atom stereocenters. The number of rotatable bonds is 6. The lowest BCUT2D eigenvalue weighted by atomic mass is 9.87.